The molecule has 0 heterocycles. The van der Waals surface area contributed by atoms with E-state index in [2.05, 4.69) is 6.07 Å². The molecule has 2 aromatic carbocycles. The van der Waals surface area contributed by atoms with E-state index in [1.165, 1.54) is 0 Å². The van der Waals surface area contributed by atoms with Gasteiger partial charge < -0.3 is 9.47 Å². The third-order valence-corrected chi connectivity index (χ3v) is 3.35. The number of nitrogens with zero attached hydrogens (tertiary/aromatic N) is 1. The van der Waals surface area contributed by atoms with Crippen molar-refractivity contribution in [3.8, 4) is 17.6 Å². The Balaban J connectivity index is 2.55. The molecule has 0 aliphatic heterocycles. The molecule has 4 heteroatoms. The van der Waals surface area contributed by atoms with Gasteiger partial charge in [0.1, 0.15) is 11.5 Å². The molecule has 0 N–H and O–H groups in total. The zero-order valence-electron chi connectivity index (χ0n) is 11.8. The van der Waals surface area contributed by atoms with Crippen molar-refractivity contribution in [1.29, 1.82) is 5.26 Å². The first-order valence-electron chi connectivity index (χ1n) is 6.28. The second-order valence-electron chi connectivity index (χ2n) is 4.26. The molecule has 0 unspecified atom stereocenters. The fourth-order valence-electron chi connectivity index (χ4n) is 1.96. The van der Waals surface area contributed by atoms with Crippen LogP contribution in [0.1, 0.15) is 11.1 Å². The van der Waals surface area contributed by atoms with Crippen LogP contribution in [0.3, 0.4) is 0 Å². The van der Waals surface area contributed by atoms with Crippen LogP contribution in [-0.4, -0.2) is 14.2 Å². The van der Waals surface area contributed by atoms with Gasteiger partial charge in [-0.25, -0.2) is 0 Å². The Morgan fingerprint density at radius 2 is 1.90 bits per heavy atom. The van der Waals surface area contributed by atoms with E-state index in [1.54, 1.807) is 38.5 Å². The molecule has 0 fully saturated rings. The maximum Gasteiger partial charge on any atom is 0.126 e. The van der Waals surface area contributed by atoms with Crippen molar-refractivity contribution in [1.82, 2.24) is 0 Å². The van der Waals surface area contributed by atoms with Crippen LogP contribution in [0, 0.1) is 11.3 Å². The molecule has 0 saturated carbocycles. The number of ether oxygens (including phenoxy) is 2. The minimum atomic E-state index is 0.465. The lowest BCUT2D eigenvalue weighted by Crippen LogP contribution is -1.91. The van der Waals surface area contributed by atoms with Crippen LogP contribution in [0.5, 0.6) is 11.5 Å². The minimum absolute atomic E-state index is 0.465. The van der Waals surface area contributed by atoms with E-state index in [1.807, 2.05) is 24.3 Å². The number of hydrogen-bond donors (Lipinski definition) is 0. The summed E-state index contributed by atoms with van der Waals surface area (Å²) in [5.74, 6) is 1.36. The SMILES string of the molecule is COc1ccc(OC)c(C=C(C#N)c2ccccc2Cl)c1. The predicted octanol–water partition coefficient (Wildman–Crippen LogP) is 4.42. The molecule has 106 valence electrons. The average molecular weight is 300 g/mol. The Hall–Kier alpha value is -2.44. The average Bonchev–Trinajstić information content (AvgIpc) is 2.53. The summed E-state index contributed by atoms with van der Waals surface area (Å²) in [6, 6.07) is 14.8. The van der Waals surface area contributed by atoms with Gasteiger partial charge in [-0.3, -0.25) is 0 Å². The first kappa shape index (κ1) is 15.0. The quantitative estimate of drug-likeness (QED) is 0.620. The number of halogens is 1. The van der Waals surface area contributed by atoms with Crippen molar-refractivity contribution in [2.75, 3.05) is 14.2 Å². The smallest absolute Gasteiger partial charge is 0.126 e. The van der Waals surface area contributed by atoms with Crippen LogP contribution in [0.2, 0.25) is 5.02 Å². The maximum absolute atomic E-state index is 9.41. The van der Waals surface area contributed by atoms with Crippen LogP contribution >= 0.6 is 11.6 Å². The topological polar surface area (TPSA) is 42.2 Å². The Bertz CT molecular complexity index is 717. The molecule has 0 amide bonds. The lowest BCUT2D eigenvalue weighted by Gasteiger charge is -2.08. The van der Waals surface area contributed by atoms with E-state index in [0.29, 0.717) is 27.7 Å². The predicted molar refractivity (Wildman–Crippen MR) is 84.5 cm³/mol. The number of nitriles is 1. The third-order valence-electron chi connectivity index (χ3n) is 3.02. The van der Waals surface area contributed by atoms with Crippen molar-refractivity contribution in [3.63, 3.8) is 0 Å². The van der Waals surface area contributed by atoms with Crippen LogP contribution in [-0.2, 0) is 0 Å². The summed E-state index contributed by atoms with van der Waals surface area (Å²) in [5.41, 5.74) is 1.91. The lowest BCUT2D eigenvalue weighted by atomic mass is 10.0. The molecular formula is C17H14ClNO2. The summed E-state index contributed by atoms with van der Waals surface area (Å²) < 4.78 is 10.5. The second kappa shape index (κ2) is 6.83. The molecule has 0 aliphatic carbocycles. The Morgan fingerprint density at radius 3 is 2.52 bits per heavy atom. The van der Waals surface area contributed by atoms with Gasteiger partial charge in [0.2, 0.25) is 0 Å². The highest BCUT2D eigenvalue weighted by Gasteiger charge is 2.08. The van der Waals surface area contributed by atoms with E-state index in [4.69, 9.17) is 21.1 Å². The van der Waals surface area contributed by atoms with Crippen molar-refractivity contribution in [2.45, 2.75) is 0 Å². The van der Waals surface area contributed by atoms with Crippen molar-refractivity contribution in [2.24, 2.45) is 0 Å². The number of methoxy groups -OCH3 is 2. The highest BCUT2D eigenvalue weighted by Crippen LogP contribution is 2.30. The first-order valence-corrected chi connectivity index (χ1v) is 6.66. The van der Waals surface area contributed by atoms with Crippen molar-refractivity contribution in [3.05, 3.63) is 58.6 Å². The Kier molecular flexibility index (Phi) is 4.86. The molecule has 0 aliphatic rings. The van der Waals surface area contributed by atoms with E-state index >= 15 is 0 Å². The number of benzene rings is 2. The van der Waals surface area contributed by atoms with Crippen LogP contribution in [0.4, 0.5) is 0 Å². The van der Waals surface area contributed by atoms with Gasteiger partial charge in [-0.2, -0.15) is 5.26 Å². The van der Waals surface area contributed by atoms with Crippen molar-refractivity contribution < 1.29 is 9.47 Å². The van der Waals surface area contributed by atoms with Crippen LogP contribution in [0.15, 0.2) is 42.5 Å². The zero-order chi connectivity index (χ0) is 15.2. The largest absolute Gasteiger partial charge is 0.497 e. The fourth-order valence-corrected chi connectivity index (χ4v) is 2.20. The third kappa shape index (κ3) is 3.36. The molecule has 3 nitrogen and oxygen atoms in total. The number of hydrogen-bond acceptors (Lipinski definition) is 3. The van der Waals surface area contributed by atoms with E-state index in [0.717, 1.165) is 5.56 Å². The molecule has 0 aromatic heterocycles. The van der Waals surface area contributed by atoms with Crippen LogP contribution in [0.25, 0.3) is 11.6 Å². The van der Waals surface area contributed by atoms with Gasteiger partial charge in [0.25, 0.3) is 0 Å². The molecule has 0 spiro atoms. The van der Waals surface area contributed by atoms with Gasteiger partial charge in [0.15, 0.2) is 0 Å². The van der Waals surface area contributed by atoms with Gasteiger partial charge in [0, 0.05) is 16.1 Å². The fraction of sp³-hybridized carbons (Fsp3) is 0.118. The summed E-state index contributed by atoms with van der Waals surface area (Å²) in [6.45, 7) is 0. The van der Waals surface area contributed by atoms with Crippen LogP contribution < -0.4 is 9.47 Å². The summed E-state index contributed by atoms with van der Waals surface area (Å²) in [5, 5.41) is 9.94. The summed E-state index contributed by atoms with van der Waals surface area (Å²) in [4.78, 5) is 0. The van der Waals surface area contributed by atoms with Crippen molar-refractivity contribution >= 4 is 23.3 Å². The van der Waals surface area contributed by atoms with E-state index < -0.39 is 0 Å². The molecule has 2 aromatic rings. The van der Waals surface area contributed by atoms with Gasteiger partial charge in [0.05, 0.1) is 25.9 Å². The number of rotatable bonds is 4. The first-order chi connectivity index (χ1) is 10.2. The minimum Gasteiger partial charge on any atom is -0.497 e. The van der Waals surface area contributed by atoms with Gasteiger partial charge in [-0.05, 0) is 30.3 Å². The standard InChI is InChI=1S/C17H14ClNO2/c1-20-14-7-8-17(21-2)12(10-14)9-13(11-19)15-5-3-4-6-16(15)18/h3-10H,1-2H3. The molecule has 21 heavy (non-hydrogen) atoms. The summed E-state index contributed by atoms with van der Waals surface area (Å²) in [7, 11) is 3.18. The zero-order valence-corrected chi connectivity index (χ0v) is 12.5. The molecular weight excluding hydrogens is 286 g/mol. The summed E-state index contributed by atoms with van der Waals surface area (Å²) in [6.07, 6.45) is 1.74. The highest BCUT2D eigenvalue weighted by molar-refractivity contribution is 6.32. The summed E-state index contributed by atoms with van der Waals surface area (Å²) >= 11 is 6.15. The highest BCUT2D eigenvalue weighted by atomic mass is 35.5. The lowest BCUT2D eigenvalue weighted by molar-refractivity contribution is 0.402. The number of allylic oxidation sites excluding steroid dienone is 1. The van der Waals surface area contributed by atoms with E-state index in [9.17, 15) is 5.26 Å². The molecule has 0 saturated heterocycles. The second-order valence-corrected chi connectivity index (χ2v) is 4.66. The molecule has 2 rings (SSSR count). The molecule has 0 radical (unpaired) electrons. The van der Waals surface area contributed by atoms with Gasteiger partial charge in [-0.1, -0.05) is 29.8 Å². The van der Waals surface area contributed by atoms with Gasteiger partial charge >= 0.3 is 0 Å². The molecule has 0 bridgehead atoms. The monoisotopic (exact) mass is 299 g/mol. The van der Waals surface area contributed by atoms with E-state index in [-0.39, 0.29) is 0 Å². The maximum atomic E-state index is 9.41. The van der Waals surface area contributed by atoms with Gasteiger partial charge in [-0.15, -0.1) is 0 Å². The normalized spacial score (nSPS) is 10.9. The molecule has 0 atom stereocenters. The Morgan fingerprint density at radius 1 is 1.14 bits per heavy atom. The Labute approximate surface area is 129 Å².